The molecule has 3 aromatic rings. The maximum absolute atomic E-state index is 12.5. The Labute approximate surface area is 192 Å². The van der Waals surface area contributed by atoms with Crippen LogP contribution < -0.4 is 5.32 Å². The lowest BCUT2D eigenvalue weighted by atomic mass is 9.88. The van der Waals surface area contributed by atoms with Crippen molar-refractivity contribution in [1.29, 1.82) is 0 Å². The van der Waals surface area contributed by atoms with Crippen LogP contribution in [0.5, 0.6) is 0 Å². The van der Waals surface area contributed by atoms with Gasteiger partial charge in [-0.15, -0.1) is 21.5 Å². The first-order valence-electron chi connectivity index (χ1n) is 11.0. The summed E-state index contributed by atoms with van der Waals surface area (Å²) in [6.45, 7) is 8.74. The normalized spacial score (nSPS) is 15.8. The quantitative estimate of drug-likeness (QED) is 0.444. The second-order valence-electron chi connectivity index (χ2n) is 8.56. The van der Waals surface area contributed by atoms with Crippen LogP contribution in [0.3, 0.4) is 0 Å². The fourth-order valence-electron chi connectivity index (χ4n) is 4.04. The smallest absolute Gasteiger partial charge is 0.234 e. The van der Waals surface area contributed by atoms with E-state index in [4.69, 9.17) is 0 Å². The standard InChI is InChI=1S/C24H30N4OS2/c1-5-17-7-9-18(10-8-17)25-22(29)14-31-24-27-26-23(28(24)15(2)3)20-13-30-21-12-16(4)6-11-19(20)21/h7-10,13,15-16H,5-6,11-12,14H2,1-4H3,(H,25,29)/t16-/m0/s1. The monoisotopic (exact) mass is 454 g/mol. The molecule has 0 aliphatic heterocycles. The zero-order valence-electron chi connectivity index (χ0n) is 18.6. The molecule has 0 unspecified atom stereocenters. The molecule has 1 aromatic carbocycles. The van der Waals surface area contributed by atoms with Crippen LogP contribution in [0.1, 0.15) is 56.2 Å². The summed E-state index contributed by atoms with van der Waals surface area (Å²) in [7, 11) is 0. The third-order valence-electron chi connectivity index (χ3n) is 5.80. The molecule has 0 spiro atoms. The van der Waals surface area contributed by atoms with Crippen LogP contribution in [0.15, 0.2) is 34.8 Å². The van der Waals surface area contributed by atoms with E-state index in [9.17, 15) is 4.79 Å². The summed E-state index contributed by atoms with van der Waals surface area (Å²) in [5.74, 6) is 1.96. The molecule has 7 heteroatoms. The predicted octanol–water partition coefficient (Wildman–Crippen LogP) is 6.01. The number of benzene rings is 1. The Hall–Kier alpha value is -2.12. The van der Waals surface area contributed by atoms with Gasteiger partial charge in [0.05, 0.1) is 5.75 Å². The zero-order valence-corrected chi connectivity index (χ0v) is 20.3. The average Bonchev–Trinajstić information content (AvgIpc) is 3.36. The van der Waals surface area contributed by atoms with Crippen LogP contribution in [0.2, 0.25) is 0 Å². The molecule has 1 N–H and O–H groups in total. The number of hydrogen-bond donors (Lipinski definition) is 1. The van der Waals surface area contributed by atoms with Crippen molar-refractivity contribution in [2.75, 3.05) is 11.1 Å². The number of rotatable bonds is 7. The Morgan fingerprint density at radius 3 is 2.77 bits per heavy atom. The van der Waals surface area contributed by atoms with E-state index in [0.717, 1.165) is 41.8 Å². The highest BCUT2D eigenvalue weighted by Gasteiger charge is 2.25. The molecule has 0 fully saturated rings. The van der Waals surface area contributed by atoms with Crippen LogP contribution in [0, 0.1) is 5.92 Å². The van der Waals surface area contributed by atoms with Gasteiger partial charge in [0.1, 0.15) is 0 Å². The van der Waals surface area contributed by atoms with Crippen molar-refractivity contribution in [2.45, 2.75) is 64.6 Å². The van der Waals surface area contributed by atoms with Crippen molar-refractivity contribution in [3.63, 3.8) is 0 Å². The molecule has 4 rings (SSSR count). The summed E-state index contributed by atoms with van der Waals surface area (Å²) in [6.07, 6.45) is 4.50. The maximum Gasteiger partial charge on any atom is 0.234 e. The minimum absolute atomic E-state index is 0.0315. The summed E-state index contributed by atoms with van der Waals surface area (Å²) in [5.41, 5.74) is 4.76. The summed E-state index contributed by atoms with van der Waals surface area (Å²) in [5, 5.41) is 15.0. The summed E-state index contributed by atoms with van der Waals surface area (Å²) >= 11 is 3.30. The van der Waals surface area contributed by atoms with E-state index >= 15 is 0 Å². The van der Waals surface area contributed by atoms with Crippen molar-refractivity contribution in [2.24, 2.45) is 5.92 Å². The number of fused-ring (bicyclic) bond motifs is 1. The fraction of sp³-hybridized carbons (Fsp3) is 0.458. The molecule has 0 bridgehead atoms. The number of thioether (sulfide) groups is 1. The van der Waals surface area contributed by atoms with Gasteiger partial charge >= 0.3 is 0 Å². The van der Waals surface area contributed by atoms with Crippen molar-refractivity contribution >= 4 is 34.7 Å². The lowest BCUT2D eigenvalue weighted by molar-refractivity contribution is -0.113. The first-order valence-corrected chi connectivity index (χ1v) is 12.9. The van der Waals surface area contributed by atoms with Gasteiger partial charge in [-0.2, -0.15) is 0 Å². The summed E-state index contributed by atoms with van der Waals surface area (Å²) in [4.78, 5) is 14.0. The number of thiophene rings is 1. The van der Waals surface area contributed by atoms with Gasteiger partial charge in [-0.05, 0) is 68.7 Å². The number of hydrogen-bond acceptors (Lipinski definition) is 5. The Morgan fingerprint density at radius 2 is 2.06 bits per heavy atom. The fourth-order valence-corrected chi connectivity index (χ4v) is 6.15. The third kappa shape index (κ3) is 4.88. The van der Waals surface area contributed by atoms with Crippen molar-refractivity contribution in [3.05, 3.63) is 45.6 Å². The lowest BCUT2D eigenvalue weighted by Crippen LogP contribution is -2.15. The van der Waals surface area contributed by atoms with E-state index in [1.165, 1.54) is 39.8 Å². The van der Waals surface area contributed by atoms with Gasteiger partial charge in [0.2, 0.25) is 5.91 Å². The minimum atomic E-state index is -0.0315. The van der Waals surface area contributed by atoms with E-state index in [-0.39, 0.29) is 11.9 Å². The SMILES string of the molecule is CCc1ccc(NC(=O)CSc2nnc(-c3csc4c3CC[C@H](C)C4)n2C(C)C)cc1. The van der Waals surface area contributed by atoms with Crippen LogP contribution in [0.4, 0.5) is 5.69 Å². The molecule has 0 saturated heterocycles. The molecular weight excluding hydrogens is 424 g/mol. The van der Waals surface area contributed by atoms with Gasteiger partial charge in [0.15, 0.2) is 11.0 Å². The number of anilines is 1. The van der Waals surface area contributed by atoms with Gasteiger partial charge in [0, 0.05) is 27.5 Å². The van der Waals surface area contributed by atoms with E-state index < -0.39 is 0 Å². The van der Waals surface area contributed by atoms with Crippen molar-refractivity contribution in [3.8, 4) is 11.4 Å². The van der Waals surface area contributed by atoms with Gasteiger partial charge in [-0.25, -0.2) is 0 Å². The van der Waals surface area contributed by atoms with Gasteiger partial charge in [-0.3, -0.25) is 9.36 Å². The molecule has 0 radical (unpaired) electrons. The topological polar surface area (TPSA) is 59.8 Å². The molecule has 5 nitrogen and oxygen atoms in total. The highest BCUT2D eigenvalue weighted by molar-refractivity contribution is 7.99. The van der Waals surface area contributed by atoms with E-state index in [1.807, 2.05) is 35.6 Å². The largest absolute Gasteiger partial charge is 0.325 e. The van der Waals surface area contributed by atoms with Gasteiger partial charge in [0.25, 0.3) is 0 Å². The van der Waals surface area contributed by atoms with Crippen LogP contribution in [-0.2, 0) is 24.1 Å². The molecule has 1 aliphatic carbocycles. The molecule has 1 amide bonds. The number of carbonyl (C=O) groups excluding carboxylic acids is 1. The van der Waals surface area contributed by atoms with Gasteiger partial charge in [-0.1, -0.05) is 37.7 Å². The number of aryl methyl sites for hydroxylation is 1. The molecule has 1 aliphatic rings. The predicted molar refractivity (Wildman–Crippen MR) is 130 cm³/mol. The van der Waals surface area contributed by atoms with Crippen LogP contribution in [0.25, 0.3) is 11.4 Å². The lowest BCUT2D eigenvalue weighted by Gasteiger charge is -2.19. The Bertz CT molecular complexity index is 1050. The molecule has 164 valence electrons. The summed E-state index contributed by atoms with van der Waals surface area (Å²) in [6, 6.07) is 8.22. The highest BCUT2D eigenvalue weighted by Crippen LogP contribution is 2.39. The molecule has 2 heterocycles. The second kappa shape index (κ2) is 9.57. The molecule has 0 saturated carbocycles. The molecule has 2 aromatic heterocycles. The van der Waals surface area contributed by atoms with Crippen LogP contribution >= 0.6 is 23.1 Å². The highest BCUT2D eigenvalue weighted by atomic mass is 32.2. The minimum Gasteiger partial charge on any atom is -0.325 e. The first kappa shape index (κ1) is 22.1. The molecule has 31 heavy (non-hydrogen) atoms. The Kier molecular flexibility index (Phi) is 6.82. The Morgan fingerprint density at radius 1 is 1.29 bits per heavy atom. The van der Waals surface area contributed by atoms with Gasteiger partial charge < -0.3 is 5.32 Å². The maximum atomic E-state index is 12.5. The van der Waals surface area contributed by atoms with Crippen LogP contribution in [-0.4, -0.2) is 26.4 Å². The number of nitrogens with one attached hydrogen (secondary N) is 1. The van der Waals surface area contributed by atoms with Crippen molar-refractivity contribution in [1.82, 2.24) is 14.8 Å². The average molecular weight is 455 g/mol. The Balaban J connectivity index is 1.48. The van der Waals surface area contributed by atoms with E-state index in [2.05, 4.69) is 53.2 Å². The van der Waals surface area contributed by atoms with E-state index in [0.29, 0.717) is 5.75 Å². The summed E-state index contributed by atoms with van der Waals surface area (Å²) < 4.78 is 2.17. The third-order valence-corrected chi connectivity index (χ3v) is 7.80. The number of amides is 1. The van der Waals surface area contributed by atoms with E-state index in [1.54, 1.807) is 0 Å². The number of nitrogens with zero attached hydrogens (tertiary/aromatic N) is 3. The zero-order chi connectivity index (χ0) is 22.0. The first-order chi connectivity index (χ1) is 15.0. The second-order valence-corrected chi connectivity index (χ2v) is 10.5. The number of carbonyl (C=O) groups is 1. The molecular formula is C24H30N4OS2. The molecule has 1 atom stereocenters. The van der Waals surface area contributed by atoms with Crippen molar-refractivity contribution < 1.29 is 4.79 Å². The number of aromatic nitrogens is 3.